The van der Waals surface area contributed by atoms with Crippen molar-refractivity contribution >= 4 is 0 Å². The van der Waals surface area contributed by atoms with Crippen molar-refractivity contribution in [3.8, 4) is 0 Å². The third-order valence-electron chi connectivity index (χ3n) is 4.19. The highest BCUT2D eigenvalue weighted by Gasteiger charge is 2.05. The van der Waals surface area contributed by atoms with Gasteiger partial charge in [0.25, 0.3) is 0 Å². The van der Waals surface area contributed by atoms with Gasteiger partial charge in [0, 0.05) is 5.56 Å². The smallest absolute Gasteiger partial charge is 0.244 e. The van der Waals surface area contributed by atoms with E-state index in [1.165, 1.54) is 49.7 Å². The molecule has 22 heavy (non-hydrogen) atoms. The quantitative estimate of drug-likeness (QED) is 0.517. The molecule has 2 aromatic rings. The molecule has 0 aliphatic heterocycles. The normalized spacial score (nSPS) is 11.0. The summed E-state index contributed by atoms with van der Waals surface area (Å²) in [5, 5.41) is 0. The number of rotatable bonds is 10. The molecule has 0 atom stereocenters. The average Bonchev–Trinajstić information content (AvgIpc) is 2.99. The zero-order valence-electron chi connectivity index (χ0n) is 14.0. The highest BCUT2D eigenvalue weighted by Crippen LogP contribution is 2.06. The molecular weight excluding hydrogens is 270 g/mol. The van der Waals surface area contributed by atoms with Crippen LogP contribution in [-0.2, 0) is 19.6 Å². The van der Waals surface area contributed by atoms with Crippen molar-refractivity contribution < 1.29 is 10.3 Å². The van der Waals surface area contributed by atoms with Gasteiger partial charge in [0.15, 0.2) is 0 Å². The lowest BCUT2D eigenvalue weighted by Gasteiger charge is -2.00. The van der Waals surface area contributed by atoms with Gasteiger partial charge in [0.05, 0.1) is 13.1 Å². The average molecular weight is 301 g/mol. The van der Waals surface area contributed by atoms with E-state index in [2.05, 4.69) is 64.8 Å². The van der Waals surface area contributed by atoms with Crippen LogP contribution in [0.3, 0.4) is 0 Å². The molecule has 120 valence electrons. The zero-order chi connectivity index (χ0) is 15.6. The van der Waals surface area contributed by atoms with Crippen molar-refractivity contribution in [1.82, 2.24) is 4.57 Å². The summed E-state index contributed by atoms with van der Waals surface area (Å²) in [5.41, 5.74) is 6.56. The fourth-order valence-electron chi connectivity index (χ4n) is 2.76. The van der Waals surface area contributed by atoms with Crippen molar-refractivity contribution in [1.29, 1.82) is 0 Å². The Labute approximate surface area is 134 Å². The maximum absolute atomic E-state index is 3.92. The van der Waals surface area contributed by atoms with E-state index >= 15 is 0 Å². The fourth-order valence-corrected chi connectivity index (χ4v) is 2.76. The number of hydrogen-bond acceptors (Lipinski definition) is 0. The molecular formula is C19H31N3+2. The first-order valence-corrected chi connectivity index (χ1v) is 8.73. The Morgan fingerprint density at radius 3 is 2.36 bits per heavy atom. The van der Waals surface area contributed by atoms with Crippen LogP contribution in [-0.4, -0.2) is 4.57 Å². The van der Waals surface area contributed by atoms with E-state index in [4.69, 9.17) is 0 Å². The number of aryl methyl sites for hydroxylation is 1. The largest absolute Gasteiger partial charge is 0.354 e. The summed E-state index contributed by atoms with van der Waals surface area (Å²) in [6.45, 7) is 5.22. The Morgan fingerprint density at radius 1 is 0.955 bits per heavy atom. The number of unbranched alkanes of at least 4 members (excludes halogenated alkanes) is 5. The number of imidazole rings is 1. The Bertz CT molecular complexity index is 528. The van der Waals surface area contributed by atoms with Crippen LogP contribution in [0, 0.1) is 0 Å². The van der Waals surface area contributed by atoms with Crippen LogP contribution in [0.2, 0.25) is 0 Å². The topological polar surface area (TPSA) is 36.5 Å². The number of aromatic nitrogens is 2. The molecule has 0 saturated heterocycles. The van der Waals surface area contributed by atoms with E-state index < -0.39 is 0 Å². The lowest BCUT2D eigenvalue weighted by molar-refractivity contribution is -0.687. The Hall–Kier alpha value is -1.61. The number of quaternary nitrogens is 1. The van der Waals surface area contributed by atoms with Crippen LogP contribution in [0.25, 0.3) is 0 Å². The molecule has 0 radical (unpaired) electrons. The van der Waals surface area contributed by atoms with Crippen molar-refractivity contribution in [3.63, 3.8) is 0 Å². The van der Waals surface area contributed by atoms with Gasteiger partial charge >= 0.3 is 0 Å². The van der Waals surface area contributed by atoms with Crippen molar-refractivity contribution in [2.24, 2.45) is 0 Å². The molecule has 3 nitrogen and oxygen atoms in total. The van der Waals surface area contributed by atoms with Gasteiger partial charge in [-0.1, -0.05) is 56.9 Å². The Morgan fingerprint density at radius 2 is 1.64 bits per heavy atom. The summed E-state index contributed by atoms with van der Waals surface area (Å²) < 4.78 is 4.57. The zero-order valence-corrected chi connectivity index (χ0v) is 14.0. The molecule has 0 unspecified atom stereocenters. The second kappa shape index (κ2) is 9.42. The van der Waals surface area contributed by atoms with Gasteiger partial charge in [-0.25, -0.2) is 9.13 Å². The lowest BCUT2D eigenvalue weighted by Crippen LogP contribution is -2.47. The molecule has 3 heteroatoms. The van der Waals surface area contributed by atoms with Gasteiger partial charge in [-0.05, 0) is 18.4 Å². The molecule has 1 heterocycles. The second-order valence-corrected chi connectivity index (χ2v) is 6.16. The first kappa shape index (κ1) is 16.8. The van der Waals surface area contributed by atoms with E-state index in [0.717, 1.165) is 19.6 Å². The summed E-state index contributed by atoms with van der Waals surface area (Å²) in [4.78, 5) is 0. The maximum atomic E-state index is 3.92. The van der Waals surface area contributed by atoms with E-state index in [1.807, 2.05) is 0 Å². The Balaban J connectivity index is 1.73. The molecule has 0 fully saturated rings. The second-order valence-electron chi connectivity index (χ2n) is 6.16. The maximum Gasteiger partial charge on any atom is 0.244 e. The minimum absolute atomic E-state index is 0.863. The summed E-state index contributed by atoms with van der Waals surface area (Å²) in [6.07, 6.45) is 14.7. The van der Waals surface area contributed by atoms with Crippen molar-refractivity contribution in [2.45, 2.75) is 65.1 Å². The van der Waals surface area contributed by atoms with Gasteiger partial charge in [0.2, 0.25) is 6.33 Å². The highest BCUT2D eigenvalue weighted by atomic mass is 15.1. The van der Waals surface area contributed by atoms with Crippen LogP contribution in [0.1, 0.15) is 56.6 Å². The molecule has 0 saturated carbocycles. The van der Waals surface area contributed by atoms with Crippen molar-refractivity contribution in [3.05, 3.63) is 54.1 Å². The van der Waals surface area contributed by atoms with Gasteiger partial charge in [0.1, 0.15) is 18.9 Å². The summed E-state index contributed by atoms with van der Waals surface area (Å²) in [5.74, 6) is 0. The molecule has 0 amide bonds. The van der Waals surface area contributed by atoms with Crippen molar-refractivity contribution in [2.75, 3.05) is 0 Å². The van der Waals surface area contributed by atoms with Crippen LogP contribution in [0.4, 0.5) is 0 Å². The van der Waals surface area contributed by atoms with Gasteiger partial charge in [-0.2, -0.15) is 0 Å². The Kier molecular flexibility index (Phi) is 7.17. The minimum Gasteiger partial charge on any atom is -0.354 e. The number of benzene rings is 1. The van der Waals surface area contributed by atoms with Gasteiger partial charge in [-0.3, -0.25) is 0 Å². The van der Waals surface area contributed by atoms with E-state index in [9.17, 15) is 0 Å². The molecule has 1 aromatic heterocycles. The van der Waals surface area contributed by atoms with Crippen LogP contribution >= 0.6 is 0 Å². The van der Waals surface area contributed by atoms with Gasteiger partial charge < -0.3 is 5.73 Å². The summed E-state index contributed by atoms with van der Waals surface area (Å²) >= 11 is 0. The molecule has 0 spiro atoms. The molecule has 0 aliphatic carbocycles. The third kappa shape index (κ3) is 5.64. The molecule has 0 aliphatic rings. The summed E-state index contributed by atoms with van der Waals surface area (Å²) in [6, 6.07) is 8.77. The predicted octanol–water partition coefficient (Wildman–Crippen LogP) is 2.93. The number of nitrogens with zero attached hydrogens (tertiary/aromatic N) is 2. The first-order chi connectivity index (χ1) is 10.8. The number of hydrogen-bond donors (Lipinski definition) is 1. The third-order valence-corrected chi connectivity index (χ3v) is 4.19. The van der Waals surface area contributed by atoms with Crippen LogP contribution in [0.15, 0.2) is 43.0 Å². The lowest BCUT2D eigenvalue weighted by atomic mass is 10.1. The SMILES string of the molecule is CCCCCCCCn1cc[n+](Cc2ccc(C[NH3+])cc2)c1. The summed E-state index contributed by atoms with van der Waals surface area (Å²) in [7, 11) is 0. The molecule has 0 bridgehead atoms. The van der Waals surface area contributed by atoms with Crippen LogP contribution < -0.4 is 10.3 Å². The molecule has 2 rings (SSSR count). The van der Waals surface area contributed by atoms with Crippen LogP contribution in [0.5, 0.6) is 0 Å². The predicted molar refractivity (Wildman–Crippen MR) is 90.1 cm³/mol. The molecule has 1 aromatic carbocycles. The standard InChI is InChI=1S/C19H30N3/c1-2-3-4-5-6-7-12-21-13-14-22(17-21)16-19-10-8-18(15-20)9-11-19/h8-11,13-14,17H,2-7,12,15-16,20H2,1H3/q+1/p+1. The van der Waals surface area contributed by atoms with E-state index in [1.54, 1.807) is 0 Å². The minimum atomic E-state index is 0.863. The molecule has 3 N–H and O–H groups in total. The van der Waals surface area contributed by atoms with E-state index in [0.29, 0.717) is 0 Å². The van der Waals surface area contributed by atoms with Gasteiger partial charge in [-0.15, -0.1) is 0 Å². The van der Waals surface area contributed by atoms with E-state index in [-0.39, 0.29) is 0 Å². The first-order valence-electron chi connectivity index (χ1n) is 8.73. The fraction of sp³-hybridized carbons (Fsp3) is 0.526. The monoisotopic (exact) mass is 301 g/mol. The highest BCUT2D eigenvalue weighted by molar-refractivity contribution is 5.21.